The number of halogens is 1. The van der Waals surface area contributed by atoms with Gasteiger partial charge in [-0.15, -0.1) is 0 Å². The molecule has 0 aliphatic heterocycles. The van der Waals surface area contributed by atoms with Gasteiger partial charge in [-0.05, 0) is 11.5 Å². The molecule has 3 rings (SSSR count). The monoisotopic (exact) mass is 343 g/mol. The van der Waals surface area contributed by atoms with Gasteiger partial charge in [0.1, 0.15) is 11.0 Å². The molecule has 1 unspecified atom stereocenters. The van der Waals surface area contributed by atoms with Crippen molar-refractivity contribution < 1.29 is 0 Å². The SMILES string of the molecule is CC(C)C(N)c1nc2nc(Cl)cnc2c(=O)n1Cc1ccccc1. The molecule has 2 heterocycles. The Kier molecular flexibility index (Phi) is 4.59. The molecule has 24 heavy (non-hydrogen) atoms. The van der Waals surface area contributed by atoms with E-state index in [9.17, 15) is 4.79 Å². The van der Waals surface area contributed by atoms with Crippen LogP contribution in [-0.2, 0) is 6.54 Å². The van der Waals surface area contributed by atoms with Crippen LogP contribution in [0.5, 0.6) is 0 Å². The van der Waals surface area contributed by atoms with Crippen LogP contribution in [0.25, 0.3) is 11.2 Å². The Morgan fingerprint density at radius 1 is 1.21 bits per heavy atom. The smallest absolute Gasteiger partial charge is 0.282 e. The summed E-state index contributed by atoms with van der Waals surface area (Å²) in [5, 5.41) is 0.194. The van der Waals surface area contributed by atoms with Crippen molar-refractivity contribution in [2.24, 2.45) is 11.7 Å². The Morgan fingerprint density at radius 3 is 2.58 bits per heavy atom. The van der Waals surface area contributed by atoms with Crippen LogP contribution in [0.15, 0.2) is 41.3 Å². The molecule has 0 aliphatic carbocycles. The van der Waals surface area contributed by atoms with Crippen LogP contribution in [0.2, 0.25) is 5.15 Å². The van der Waals surface area contributed by atoms with E-state index in [1.54, 1.807) is 4.57 Å². The zero-order chi connectivity index (χ0) is 17.3. The molecule has 7 heteroatoms. The number of benzene rings is 1. The van der Waals surface area contributed by atoms with E-state index in [4.69, 9.17) is 17.3 Å². The highest BCUT2D eigenvalue weighted by Gasteiger charge is 2.21. The average Bonchev–Trinajstić information content (AvgIpc) is 2.57. The fraction of sp³-hybridized carbons (Fsp3) is 0.294. The van der Waals surface area contributed by atoms with E-state index >= 15 is 0 Å². The van der Waals surface area contributed by atoms with E-state index in [0.717, 1.165) is 5.56 Å². The first-order valence-corrected chi connectivity index (χ1v) is 8.07. The molecule has 1 aromatic carbocycles. The van der Waals surface area contributed by atoms with Crippen molar-refractivity contribution in [2.75, 3.05) is 0 Å². The number of rotatable bonds is 4. The molecule has 0 aliphatic rings. The zero-order valence-electron chi connectivity index (χ0n) is 13.5. The molecule has 124 valence electrons. The summed E-state index contributed by atoms with van der Waals surface area (Å²) in [5.74, 6) is 0.603. The van der Waals surface area contributed by atoms with E-state index in [2.05, 4.69) is 15.0 Å². The van der Waals surface area contributed by atoms with Gasteiger partial charge in [-0.3, -0.25) is 9.36 Å². The van der Waals surface area contributed by atoms with E-state index in [1.165, 1.54) is 6.20 Å². The summed E-state index contributed by atoms with van der Waals surface area (Å²) in [7, 11) is 0. The molecule has 0 bridgehead atoms. The second-order valence-electron chi connectivity index (χ2n) is 5.98. The molecule has 2 aromatic heterocycles. The number of aromatic nitrogens is 4. The molecule has 3 aromatic rings. The summed E-state index contributed by atoms with van der Waals surface area (Å²) in [6.07, 6.45) is 1.35. The Labute approximate surface area is 144 Å². The molecule has 1 atom stereocenters. The van der Waals surface area contributed by atoms with Crippen LogP contribution in [0, 0.1) is 5.92 Å². The lowest BCUT2D eigenvalue weighted by Crippen LogP contribution is -2.32. The lowest BCUT2D eigenvalue weighted by Gasteiger charge is -2.20. The number of hydrogen-bond donors (Lipinski definition) is 1. The average molecular weight is 344 g/mol. The van der Waals surface area contributed by atoms with Crippen LogP contribution >= 0.6 is 11.6 Å². The van der Waals surface area contributed by atoms with Crippen molar-refractivity contribution in [2.45, 2.75) is 26.4 Å². The summed E-state index contributed by atoms with van der Waals surface area (Å²) in [5.41, 5.74) is 7.42. The zero-order valence-corrected chi connectivity index (χ0v) is 14.2. The molecule has 0 spiro atoms. The predicted molar refractivity (Wildman–Crippen MR) is 93.9 cm³/mol. The van der Waals surface area contributed by atoms with Crippen molar-refractivity contribution in [1.29, 1.82) is 0 Å². The van der Waals surface area contributed by atoms with E-state index < -0.39 is 6.04 Å². The van der Waals surface area contributed by atoms with Crippen LogP contribution in [0.3, 0.4) is 0 Å². The van der Waals surface area contributed by atoms with Crippen LogP contribution in [-0.4, -0.2) is 19.5 Å². The van der Waals surface area contributed by atoms with Gasteiger partial charge >= 0.3 is 0 Å². The maximum absolute atomic E-state index is 12.9. The lowest BCUT2D eigenvalue weighted by atomic mass is 10.0. The van der Waals surface area contributed by atoms with Gasteiger partial charge in [0.25, 0.3) is 5.56 Å². The quantitative estimate of drug-likeness (QED) is 0.786. The predicted octanol–water partition coefficient (Wildman–Crippen LogP) is 2.54. The molecular formula is C17H18ClN5O. The van der Waals surface area contributed by atoms with E-state index in [-0.39, 0.29) is 27.8 Å². The highest BCUT2D eigenvalue weighted by Crippen LogP contribution is 2.19. The van der Waals surface area contributed by atoms with Crippen molar-refractivity contribution in [1.82, 2.24) is 19.5 Å². The molecule has 0 amide bonds. The van der Waals surface area contributed by atoms with Crippen molar-refractivity contribution in [3.63, 3.8) is 0 Å². The Hall–Kier alpha value is -2.31. The van der Waals surface area contributed by atoms with Gasteiger partial charge in [-0.2, -0.15) is 0 Å². The van der Waals surface area contributed by atoms with Gasteiger partial charge in [0.15, 0.2) is 11.2 Å². The van der Waals surface area contributed by atoms with Gasteiger partial charge in [0.2, 0.25) is 0 Å². The molecule has 0 saturated heterocycles. The first-order valence-electron chi connectivity index (χ1n) is 7.70. The molecule has 6 nitrogen and oxygen atoms in total. The fourth-order valence-corrected chi connectivity index (χ4v) is 2.59. The van der Waals surface area contributed by atoms with Gasteiger partial charge in [-0.25, -0.2) is 15.0 Å². The summed E-state index contributed by atoms with van der Waals surface area (Å²) in [6.45, 7) is 4.34. The Balaban J connectivity index is 2.24. The topological polar surface area (TPSA) is 86.7 Å². The fourth-order valence-electron chi connectivity index (χ4n) is 2.46. The highest BCUT2D eigenvalue weighted by atomic mass is 35.5. The standard InChI is InChI=1S/C17H18ClN5O/c1-10(2)13(19)16-22-15-14(20-8-12(18)21-15)17(24)23(16)9-11-6-4-3-5-7-11/h3-8,10,13H,9,19H2,1-2H3. The van der Waals surface area contributed by atoms with Crippen LogP contribution in [0.4, 0.5) is 0 Å². The van der Waals surface area contributed by atoms with Crippen molar-refractivity contribution in [3.05, 3.63) is 63.4 Å². The highest BCUT2D eigenvalue weighted by molar-refractivity contribution is 6.29. The number of fused-ring (bicyclic) bond motifs is 1. The normalized spacial score (nSPS) is 12.7. The molecular weight excluding hydrogens is 326 g/mol. The Bertz CT molecular complexity index is 923. The molecule has 0 radical (unpaired) electrons. The molecule has 2 N–H and O–H groups in total. The minimum atomic E-state index is -0.397. The first-order chi connectivity index (χ1) is 11.5. The summed E-state index contributed by atoms with van der Waals surface area (Å²) in [4.78, 5) is 25.6. The maximum atomic E-state index is 12.9. The molecule has 0 fully saturated rings. The van der Waals surface area contributed by atoms with Crippen molar-refractivity contribution in [3.8, 4) is 0 Å². The number of nitrogens with two attached hydrogens (primary N) is 1. The summed E-state index contributed by atoms with van der Waals surface area (Å²) < 4.78 is 1.57. The third-order valence-electron chi connectivity index (χ3n) is 3.87. The first kappa shape index (κ1) is 16.5. The second-order valence-corrected chi connectivity index (χ2v) is 6.37. The number of hydrogen-bond acceptors (Lipinski definition) is 5. The van der Waals surface area contributed by atoms with Gasteiger partial charge in [0.05, 0.1) is 18.8 Å². The van der Waals surface area contributed by atoms with E-state index in [0.29, 0.717) is 12.4 Å². The summed E-state index contributed by atoms with van der Waals surface area (Å²) >= 11 is 5.88. The largest absolute Gasteiger partial charge is 0.321 e. The maximum Gasteiger partial charge on any atom is 0.282 e. The lowest BCUT2D eigenvalue weighted by molar-refractivity contribution is 0.463. The van der Waals surface area contributed by atoms with Gasteiger partial charge in [0, 0.05) is 0 Å². The van der Waals surface area contributed by atoms with Gasteiger partial charge < -0.3 is 5.73 Å². The van der Waals surface area contributed by atoms with Crippen LogP contribution < -0.4 is 11.3 Å². The summed E-state index contributed by atoms with van der Waals surface area (Å²) in [6, 6.07) is 9.29. The van der Waals surface area contributed by atoms with Gasteiger partial charge in [-0.1, -0.05) is 55.8 Å². The third-order valence-corrected chi connectivity index (χ3v) is 4.05. The van der Waals surface area contributed by atoms with Crippen LogP contribution in [0.1, 0.15) is 31.3 Å². The molecule has 0 saturated carbocycles. The Morgan fingerprint density at radius 2 is 1.92 bits per heavy atom. The van der Waals surface area contributed by atoms with E-state index in [1.807, 2.05) is 44.2 Å². The van der Waals surface area contributed by atoms with Crippen molar-refractivity contribution >= 4 is 22.8 Å². The second kappa shape index (κ2) is 6.67. The number of nitrogens with zero attached hydrogens (tertiary/aromatic N) is 4. The minimum Gasteiger partial charge on any atom is -0.321 e. The third kappa shape index (κ3) is 3.16. The minimum absolute atomic E-state index is 0.114.